The summed E-state index contributed by atoms with van der Waals surface area (Å²) in [4.78, 5) is 41.8. The summed E-state index contributed by atoms with van der Waals surface area (Å²) >= 11 is 0. The molecule has 2 aromatic carbocycles. The van der Waals surface area contributed by atoms with E-state index in [1.54, 1.807) is 37.1 Å². The first-order valence-corrected chi connectivity index (χ1v) is 11.0. The van der Waals surface area contributed by atoms with Crippen LogP contribution in [0.3, 0.4) is 0 Å². The number of hydrogen-bond donors (Lipinski definition) is 0. The molecular formula is C25H28N2O6. The van der Waals surface area contributed by atoms with Gasteiger partial charge in [-0.3, -0.25) is 14.4 Å². The molecule has 2 heterocycles. The number of esters is 1. The standard InChI is InChI=1S/C25H28N2O6/c1-15-11-17-7-5-6-8-20(17)27(15)24(29)16(2)33-25(30)18-12-23(28)26(14-18)21-10-9-19(31-3)13-22(21)32-4/h5-10,13,15-16,18H,11-12,14H2,1-4H3/t15-,16+,18+/m0/s1. The first-order chi connectivity index (χ1) is 15.8. The van der Waals surface area contributed by atoms with E-state index >= 15 is 0 Å². The number of anilines is 2. The van der Waals surface area contributed by atoms with Crippen molar-refractivity contribution in [2.45, 2.75) is 38.8 Å². The van der Waals surface area contributed by atoms with Gasteiger partial charge in [-0.1, -0.05) is 18.2 Å². The van der Waals surface area contributed by atoms with E-state index in [-0.39, 0.29) is 30.8 Å². The number of methoxy groups -OCH3 is 2. The highest BCUT2D eigenvalue weighted by atomic mass is 16.5. The van der Waals surface area contributed by atoms with E-state index in [4.69, 9.17) is 14.2 Å². The Morgan fingerprint density at radius 3 is 2.52 bits per heavy atom. The van der Waals surface area contributed by atoms with Crippen LogP contribution in [0.25, 0.3) is 0 Å². The van der Waals surface area contributed by atoms with Crippen LogP contribution in [-0.4, -0.2) is 50.7 Å². The van der Waals surface area contributed by atoms with E-state index in [9.17, 15) is 14.4 Å². The second-order valence-electron chi connectivity index (χ2n) is 8.41. The maximum absolute atomic E-state index is 13.1. The molecule has 2 aromatic rings. The normalized spacial score (nSPS) is 20.4. The van der Waals surface area contributed by atoms with Crippen molar-refractivity contribution in [3.63, 3.8) is 0 Å². The zero-order valence-corrected chi connectivity index (χ0v) is 19.2. The summed E-state index contributed by atoms with van der Waals surface area (Å²) in [7, 11) is 3.06. The molecule has 33 heavy (non-hydrogen) atoms. The molecule has 1 fully saturated rings. The van der Waals surface area contributed by atoms with Crippen LogP contribution >= 0.6 is 0 Å². The minimum absolute atomic E-state index is 0.0118. The number of amides is 2. The van der Waals surface area contributed by atoms with Crippen LogP contribution < -0.4 is 19.3 Å². The van der Waals surface area contributed by atoms with Crippen molar-refractivity contribution >= 4 is 29.2 Å². The van der Waals surface area contributed by atoms with Gasteiger partial charge in [0.25, 0.3) is 5.91 Å². The molecule has 0 aliphatic carbocycles. The van der Waals surface area contributed by atoms with Gasteiger partial charge in [0.15, 0.2) is 6.10 Å². The molecule has 0 unspecified atom stereocenters. The molecule has 1 saturated heterocycles. The maximum Gasteiger partial charge on any atom is 0.312 e. The van der Waals surface area contributed by atoms with Crippen LogP contribution in [0, 0.1) is 5.92 Å². The second kappa shape index (κ2) is 9.13. The lowest BCUT2D eigenvalue weighted by molar-refractivity contribution is -0.157. The number of hydrogen-bond acceptors (Lipinski definition) is 6. The van der Waals surface area contributed by atoms with Crippen molar-refractivity contribution in [1.82, 2.24) is 0 Å². The molecule has 0 saturated carbocycles. The Balaban J connectivity index is 1.43. The Hall–Kier alpha value is -3.55. The SMILES string of the molecule is COc1ccc(N2C[C@H](C(=O)O[C@H](C)C(=O)N3c4ccccc4C[C@@H]3C)CC2=O)c(OC)c1. The van der Waals surface area contributed by atoms with Crippen molar-refractivity contribution in [1.29, 1.82) is 0 Å². The Morgan fingerprint density at radius 1 is 1.03 bits per heavy atom. The van der Waals surface area contributed by atoms with Crippen molar-refractivity contribution in [2.75, 3.05) is 30.6 Å². The highest BCUT2D eigenvalue weighted by molar-refractivity contribution is 6.02. The Bertz CT molecular complexity index is 1080. The van der Waals surface area contributed by atoms with E-state index in [2.05, 4.69) is 0 Å². The maximum atomic E-state index is 13.1. The quantitative estimate of drug-likeness (QED) is 0.627. The first-order valence-electron chi connectivity index (χ1n) is 11.0. The molecule has 2 aliphatic rings. The first kappa shape index (κ1) is 22.6. The number of para-hydroxylation sites is 1. The number of benzene rings is 2. The summed E-state index contributed by atoms with van der Waals surface area (Å²) in [6.07, 6.45) is -0.179. The van der Waals surface area contributed by atoms with Crippen LogP contribution in [0.4, 0.5) is 11.4 Å². The third kappa shape index (κ3) is 4.25. The molecule has 8 nitrogen and oxygen atoms in total. The summed E-state index contributed by atoms with van der Waals surface area (Å²) < 4.78 is 16.1. The Morgan fingerprint density at radius 2 is 1.79 bits per heavy atom. The third-order valence-corrected chi connectivity index (χ3v) is 6.22. The number of carbonyl (C=O) groups excluding carboxylic acids is 3. The topological polar surface area (TPSA) is 85.4 Å². The van der Waals surface area contributed by atoms with Gasteiger partial charge in [-0.15, -0.1) is 0 Å². The van der Waals surface area contributed by atoms with Gasteiger partial charge in [0.2, 0.25) is 5.91 Å². The van der Waals surface area contributed by atoms with Crippen LogP contribution in [-0.2, 0) is 25.5 Å². The lowest BCUT2D eigenvalue weighted by Gasteiger charge is -2.26. The molecule has 8 heteroatoms. The minimum Gasteiger partial charge on any atom is -0.497 e. The molecule has 3 atom stereocenters. The largest absolute Gasteiger partial charge is 0.497 e. The molecule has 4 rings (SSSR count). The van der Waals surface area contributed by atoms with Gasteiger partial charge in [0.05, 0.1) is 25.8 Å². The van der Waals surface area contributed by atoms with E-state index in [0.717, 1.165) is 17.7 Å². The highest BCUT2D eigenvalue weighted by Gasteiger charge is 2.40. The molecule has 0 N–H and O–H groups in total. The van der Waals surface area contributed by atoms with Crippen molar-refractivity contribution in [3.05, 3.63) is 48.0 Å². The van der Waals surface area contributed by atoms with Gasteiger partial charge >= 0.3 is 5.97 Å². The predicted molar refractivity (Wildman–Crippen MR) is 123 cm³/mol. The lowest BCUT2D eigenvalue weighted by atomic mass is 10.1. The summed E-state index contributed by atoms with van der Waals surface area (Å²) in [5.41, 5.74) is 2.51. The van der Waals surface area contributed by atoms with Crippen LogP contribution in [0.2, 0.25) is 0 Å². The van der Waals surface area contributed by atoms with Gasteiger partial charge < -0.3 is 24.0 Å². The number of rotatable bonds is 6. The summed E-state index contributed by atoms with van der Waals surface area (Å²) in [5.74, 6) is -0.618. The zero-order chi connectivity index (χ0) is 23.7. The molecule has 0 bridgehead atoms. The average Bonchev–Trinajstić information content (AvgIpc) is 3.37. The van der Waals surface area contributed by atoms with Gasteiger partial charge in [0.1, 0.15) is 11.5 Å². The molecule has 2 aliphatic heterocycles. The molecule has 0 radical (unpaired) electrons. The van der Waals surface area contributed by atoms with E-state index < -0.39 is 18.0 Å². The third-order valence-electron chi connectivity index (χ3n) is 6.22. The summed E-state index contributed by atoms with van der Waals surface area (Å²) in [5, 5.41) is 0. The lowest BCUT2D eigenvalue weighted by Crippen LogP contribution is -2.43. The number of carbonyl (C=O) groups is 3. The number of fused-ring (bicyclic) bond motifs is 1. The van der Waals surface area contributed by atoms with E-state index in [1.165, 1.54) is 12.0 Å². The van der Waals surface area contributed by atoms with Gasteiger partial charge in [0, 0.05) is 30.8 Å². The van der Waals surface area contributed by atoms with Crippen molar-refractivity contribution in [2.24, 2.45) is 5.92 Å². The van der Waals surface area contributed by atoms with Crippen molar-refractivity contribution in [3.8, 4) is 11.5 Å². The molecule has 174 valence electrons. The smallest absolute Gasteiger partial charge is 0.312 e. The second-order valence-corrected chi connectivity index (χ2v) is 8.41. The van der Waals surface area contributed by atoms with Crippen LogP contribution in [0.1, 0.15) is 25.8 Å². The monoisotopic (exact) mass is 452 g/mol. The fourth-order valence-corrected chi connectivity index (χ4v) is 4.52. The van der Waals surface area contributed by atoms with Gasteiger partial charge in [-0.2, -0.15) is 0 Å². The Kier molecular flexibility index (Phi) is 6.26. The van der Waals surface area contributed by atoms with Crippen LogP contribution in [0.5, 0.6) is 11.5 Å². The summed E-state index contributed by atoms with van der Waals surface area (Å²) in [6, 6.07) is 12.9. The number of ether oxygens (including phenoxy) is 3. The van der Waals surface area contributed by atoms with E-state index in [1.807, 2.05) is 31.2 Å². The Labute approximate surface area is 193 Å². The molecule has 2 amide bonds. The average molecular weight is 453 g/mol. The summed E-state index contributed by atoms with van der Waals surface area (Å²) in [6.45, 7) is 3.71. The highest BCUT2D eigenvalue weighted by Crippen LogP contribution is 2.36. The molecule has 0 aromatic heterocycles. The molecule has 0 spiro atoms. The zero-order valence-electron chi connectivity index (χ0n) is 19.2. The van der Waals surface area contributed by atoms with Crippen molar-refractivity contribution < 1.29 is 28.6 Å². The van der Waals surface area contributed by atoms with Crippen LogP contribution in [0.15, 0.2) is 42.5 Å². The number of nitrogens with zero attached hydrogens (tertiary/aromatic N) is 2. The van der Waals surface area contributed by atoms with E-state index in [0.29, 0.717) is 17.2 Å². The molecular weight excluding hydrogens is 424 g/mol. The van der Waals surface area contributed by atoms with Gasteiger partial charge in [-0.25, -0.2) is 0 Å². The van der Waals surface area contributed by atoms with Gasteiger partial charge in [-0.05, 0) is 44.0 Å². The predicted octanol–water partition coefficient (Wildman–Crippen LogP) is 2.97. The fourth-order valence-electron chi connectivity index (χ4n) is 4.52. The minimum atomic E-state index is -0.953. The fraction of sp³-hybridized carbons (Fsp3) is 0.400.